The van der Waals surface area contributed by atoms with Gasteiger partial charge in [-0.05, 0) is 56.2 Å². The number of aliphatic imine (C=N–C) groups is 1. The molecule has 0 heterocycles. The van der Waals surface area contributed by atoms with Gasteiger partial charge in [0.25, 0.3) is 0 Å². The predicted molar refractivity (Wildman–Crippen MR) is 104 cm³/mol. The highest BCUT2D eigenvalue weighted by atomic mass is 19.4. The fourth-order valence-electron chi connectivity index (χ4n) is 2.56. The number of hydrogen-bond acceptors (Lipinski definition) is 3. The molecule has 146 valence electrons. The summed E-state index contributed by atoms with van der Waals surface area (Å²) >= 11 is 0. The molecular weight excluding hydrogens is 355 g/mol. The largest absolute Gasteiger partial charge is 0.573 e. The minimum Gasteiger partial charge on any atom is -0.406 e. The van der Waals surface area contributed by atoms with E-state index >= 15 is 0 Å². The summed E-state index contributed by atoms with van der Waals surface area (Å²) in [6.07, 6.45) is -2.93. The van der Waals surface area contributed by atoms with Gasteiger partial charge in [0.05, 0.1) is 12.0 Å². The number of aryl methyl sites for hydroxylation is 2. The van der Waals surface area contributed by atoms with Crippen molar-refractivity contribution in [1.82, 2.24) is 4.90 Å². The van der Waals surface area contributed by atoms with Crippen LogP contribution >= 0.6 is 0 Å². The van der Waals surface area contributed by atoms with E-state index in [1.165, 1.54) is 18.2 Å². The van der Waals surface area contributed by atoms with Crippen LogP contribution in [0.3, 0.4) is 0 Å². The number of halogens is 3. The lowest BCUT2D eigenvalue weighted by Gasteiger charge is -2.23. The van der Waals surface area contributed by atoms with Crippen LogP contribution < -0.4 is 9.64 Å². The predicted octanol–water partition coefficient (Wildman–Crippen LogP) is 5.58. The molecule has 0 saturated heterocycles. The van der Waals surface area contributed by atoms with E-state index in [1.807, 2.05) is 56.8 Å². The minimum absolute atomic E-state index is 0.245. The van der Waals surface area contributed by atoms with Crippen molar-refractivity contribution in [2.24, 2.45) is 4.99 Å². The minimum atomic E-state index is -4.71. The van der Waals surface area contributed by atoms with Crippen LogP contribution in [0.5, 0.6) is 5.75 Å². The van der Waals surface area contributed by atoms with Crippen molar-refractivity contribution in [3.63, 3.8) is 0 Å². The van der Waals surface area contributed by atoms with E-state index in [4.69, 9.17) is 0 Å². The Balaban J connectivity index is 2.31. The summed E-state index contributed by atoms with van der Waals surface area (Å²) < 4.78 is 41.4. The van der Waals surface area contributed by atoms with Gasteiger partial charge in [0.2, 0.25) is 0 Å². The number of rotatable bonds is 6. The Labute approximate surface area is 157 Å². The maximum Gasteiger partial charge on any atom is 0.573 e. The Bertz CT molecular complexity index is 819. The Morgan fingerprint density at radius 2 is 1.78 bits per heavy atom. The molecule has 0 amide bonds. The van der Waals surface area contributed by atoms with Crippen molar-refractivity contribution < 1.29 is 17.9 Å². The van der Waals surface area contributed by atoms with Gasteiger partial charge < -0.3 is 14.5 Å². The fourth-order valence-corrected chi connectivity index (χ4v) is 2.56. The maximum absolute atomic E-state index is 12.5. The van der Waals surface area contributed by atoms with Crippen molar-refractivity contribution in [2.45, 2.75) is 27.1 Å². The lowest BCUT2D eigenvalue weighted by Crippen LogP contribution is -2.17. The van der Waals surface area contributed by atoms with Gasteiger partial charge in [0, 0.05) is 38.1 Å². The second-order valence-electron chi connectivity index (χ2n) is 6.35. The van der Waals surface area contributed by atoms with Crippen molar-refractivity contribution in [1.29, 1.82) is 0 Å². The van der Waals surface area contributed by atoms with Crippen LogP contribution in [0.4, 0.5) is 30.2 Å². The third-order valence-corrected chi connectivity index (χ3v) is 4.21. The van der Waals surface area contributed by atoms with Gasteiger partial charge in [-0.15, -0.1) is 13.2 Å². The van der Waals surface area contributed by atoms with Crippen LogP contribution in [0.15, 0.2) is 41.4 Å². The first-order valence-electron chi connectivity index (χ1n) is 8.56. The quantitative estimate of drug-likeness (QED) is 0.484. The smallest absolute Gasteiger partial charge is 0.406 e. The van der Waals surface area contributed by atoms with E-state index in [0.29, 0.717) is 5.69 Å². The maximum atomic E-state index is 12.5. The van der Waals surface area contributed by atoms with E-state index in [-0.39, 0.29) is 5.75 Å². The molecule has 0 aliphatic carbocycles. The molecule has 0 aromatic heterocycles. The van der Waals surface area contributed by atoms with E-state index in [0.717, 1.165) is 29.0 Å². The fraction of sp³-hybridized carbons (Fsp3) is 0.350. The van der Waals surface area contributed by atoms with Crippen LogP contribution in [0.1, 0.15) is 18.1 Å². The van der Waals surface area contributed by atoms with Crippen LogP contribution in [0.2, 0.25) is 0 Å². The molecule has 0 aliphatic heterocycles. The summed E-state index contributed by atoms with van der Waals surface area (Å²) in [5.41, 5.74) is 4.29. The first kappa shape index (κ1) is 20.6. The van der Waals surface area contributed by atoms with Crippen molar-refractivity contribution in [3.8, 4) is 5.75 Å². The van der Waals surface area contributed by atoms with Gasteiger partial charge in [-0.25, -0.2) is 4.99 Å². The van der Waals surface area contributed by atoms with Gasteiger partial charge in [-0.2, -0.15) is 0 Å². The molecule has 0 aliphatic rings. The Kier molecular flexibility index (Phi) is 6.36. The van der Waals surface area contributed by atoms with Crippen LogP contribution in [0, 0.1) is 13.8 Å². The highest BCUT2D eigenvalue weighted by Gasteiger charge is 2.31. The van der Waals surface area contributed by atoms with E-state index in [1.54, 1.807) is 12.4 Å². The van der Waals surface area contributed by atoms with Gasteiger partial charge in [0.1, 0.15) is 5.75 Å². The Hall–Kier alpha value is -2.70. The third-order valence-electron chi connectivity index (χ3n) is 4.21. The zero-order chi connectivity index (χ0) is 20.2. The lowest BCUT2D eigenvalue weighted by atomic mass is 10.1. The molecule has 0 radical (unpaired) electrons. The second kappa shape index (κ2) is 8.33. The standard InChI is InChI=1S/C20H24F3N3O/c1-6-25(4)13-24-18-10-15(3)19(11-14(18)2)26(5)16-8-7-9-17(12-16)27-20(21,22)23/h7-13H,6H2,1-5H3. The van der Waals surface area contributed by atoms with Crippen molar-refractivity contribution >= 4 is 23.4 Å². The molecule has 2 rings (SSSR count). The van der Waals surface area contributed by atoms with Crippen molar-refractivity contribution in [2.75, 3.05) is 25.5 Å². The molecule has 2 aromatic rings. The van der Waals surface area contributed by atoms with Crippen LogP contribution in [-0.2, 0) is 0 Å². The molecule has 0 unspecified atom stereocenters. The topological polar surface area (TPSA) is 28.1 Å². The molecule has 7 heteroatoms. The molecular formula is C20H24F3N3O. The number of hydrogen-bond donors (Lipinski definition) is 0. The molecule has 27 heavy (non-hydrogen) atoms. The summed E-state index contributed by atoms with van der Waals surface area (Å²) in [7, 11) is 3.76. The number of ether oxygens (including phenoxy) is 1. The summed E-state index contributed by atoms with van der Waals surface area (Å²) in [5.74, 6) is -0.245. The summed E-state index contributed by atoms with van der Waals surface area (Å²) in [6.45, 7) is 6.81. The lowest BCUT2D eigenvalue weighted by molar-refractivity contribution is -0.274. The highest BCUT2D eigenvalue weighted by molar-refractivity contribution is 5.72. The number of nitrogens with zero attached hydrogens (tertiary/aromatic N) is 3. The zero-order valence-corrected chi connectivity index (χ0v) is 16.1. The second-order valence-corrected chi connectivity index (χ2v) is 6.35. The Morgan fingerprint density at radius 1 is 1.07 bits per heavy atom. The molecule has 0 spiro atoms. The van der Waals surface area contributed by atoms with Gasteiger partial charge in [0.15, 0.2) is 0 Å². The molecule has 0 saturated carbocycles. The van der Waals surface area contributed by atoms with Crippen LogP contribution in [-0.4, -0.2) is 38.2 Å². The Morgan fingerprint density at radius 3 is 2.41 bits per heavy atom. The van der Waals surface area contributed by atoms with Gasteiger partial charge in [-0.3, -0.25) is 0 Å². The van der Waals surface area contributed by atoms with E-state index in [9.17, 15) is 13.2 Å². The highest BCUT2D eigenvalue weighted by Crippen LogP contribution is 2.34. The molecule has 0 fully saturated rings. The summed E-state index contributed by atoms with van der Waals surface area (Å²) in [6, 6.07) is 9.87. The molecule has 2 aromatic carbocycles. The van der Waals surface area contributed by atoms with Gasteiger partial charge >= 0.3 is 6.36 Å². The molecule has 4 nitrogen and oxygen atoms in total. The number of benzene rings is 2. The summed E-state index contributed by atoms with van der Waals surface area (Å²) in [5, 5.41) is 0. The average molecular weight is 379 g/mol. The molecule has 0 atom stereocenters. The van der Waals surface area contributed by atoms with E-state index < -0.39 is 6.36 Å². The number of anilines is 2. The number of alkyl halides is 3. The van der Waals surface area contributed by atoms with Gasteiger partial charge in [-0.1, -0.05) is 6.07 Å². The van der Waals surface area contributed by atoms with Crippen LogP contribution in [0.25, 0.3) is 0 Å². The monoisotopic (exact) mass is 379 g/mol. The molecule has 0 bridgehead atoms. The molecule has 0 N–H and O–H groups in total. The average Bonchev–Trinajstić information content (AvgIpc) is 2.60. The van der Waals surface area contributed by atoms with Crippen molar-refractivity contribution in [3.05, 3.63) is 47.5 Å². The van der Waals surface area contributed by atoms with E-state index in [2.05, 4.69) is 9.73 Å². The SMILES string of the molecule is CCN(C)C=Nc1cc(C)c(N(C)c2cccc(OC(F)(F)F)c2)cc1C. The zero-order valence-electron chi connectivity index (χ0n) is 16.1. The normalized spacial score (nSPS) is 11.7. The third kappa shape index (κ3) is 5.64. The summed E-state index contributed by atoms with van der Waals surface area (Å²) in [4.78, 5) is 8.31. The first-order valence-corrected chi connectivity index (χ1v) is 8.56. The first-order chi connectivity index (χ1) is 12.6.